The molecule has 0 saturated carbocycles. The summed E-state index contributed by atoms with van der Waals surface area (Å²) >= 11 is 0. The van der Waals surface area contributed by atoms with Gasteiger partial charge in [-0.3, -0.25) is 0 Å². The molecule has 0 nitrogen and oxygen atoms in total. The van der Waals surface area contributed by atoms with E-state index in [0.29, 0.717) is 0 Å². The van der Waals surface area contributed by atoms with Crippen molar-refractivity contribution >= 4 is 11.1 Å². The van der Waals surface area contributed by atoms with E-state index in [9.17, 15) is 0 Å². The fraction of sp³-hybridized carbons (Fsp3) is 0.100. The van der Waals surface area contributed by atoms with Gasteiger partial charge in [0.05, 0.1) is 0 Å². The predicted molar refractivity (Wildman–Crippen MR) is 86.1 cm³/mol. The van der Waals surface area contributed by atoms with E-state index in [1.54, 1.807) is 0 Å². The Labute approximate surface area is 119 Å². The Morgan fingerprint density at radius 2 is 1.70 bits per heavy atom. The lowest BCUT2D eigenvalue weighted by Gasteiger charge is -2.12. The van der Waals surface area contributed by atoms with Gasteiger partial charge >= 0.3 is 0 Å². The first-order chi connectivity index (χ1) is 9.95. The maximum absolute atomic E-state index is 2.40. The molecular weight excluding hydrogens is 240 g/mol. The molecule has 3 aliphatic rings. The number of allylic oxidation sites excluding steroid dienone is 12. The number of fused-ring (bicyclic) bond motifs is 3. The van der Waals surface area contributed by atoms with Crippen molar-refractivity contribution in [2.75, 3.05) is 0 Å². The molecule has 0 aromatic heterocycles. The molecule has 0 fully saturated rings. The molecule has 0 amide bonds. The van der Waals surface area contributed by atoms with Crippen molar-refractivity contribution in [3.8, 4) is 0 Å². The molecular formula is C20H16. The zero-order valence-electron chi connectivity index (χ0n) is 11.3. The van der Waals surface area contributed by atoms with Gasteiger partial charge in [0.25, 0.3) is 0 Å². The molecule has 0 N–H and O–H groups in total. The lowest BCUT2D eigenvalue weighted by atomic mass is 9.91. The molecule has 96 valence electrons. The first-order valence-corrected chi connectivity index (χ1v) is 7.22. The van der Waals surface area contributed by atoms with Crippen molar-refractivity contribution in [1.82, 2.24) is 0 Å². The molecule has 0 atom stereocenters. The lowest BCUT2D eigenvalue weighted by Crippen LogP contribution is -1.92. The van der Waals surface area contributed by atoms with Crippen molar-refractivity contribution in [3.63, 3.8) is 0 Å². The summed E-state index contributed by atoms with van der Waals surface area (Å²) in [4.78, 5) is 0. The number of hydrogen-bond donors (Lipinski definition) is 0. The van der Waals surface area contributed by atoms with Gasteiger partial charge < -0.3 is 0 Å². The van der Waals surface area contributed by atoms with Crippen molar-refractivity contribution in [2.45, 2.75) is 12.8 Å². The molecule has 0 aliphatic heterocycles. The number of benzene rings is 1. The maximum Gasteiger partial charge on any atom is -0.00297 e. The minimum Gasteiger partial charge on any atom is -0.0836 e. The van der Waals surface area contributed by atoms with Crippen LogP contribution in [0.1, 0.15) is 24.0 Å². The molecule has 4 rings (SSSR count). The van der Waals surface area contributed by atoms with Crippen LogP contribution >= 0.6 is 0 Å². The molecule has 0 unspecified atom stereocenters. The van der Waals surface area contributed by atoms with E-state index in [1.807, 2.05) is 0 Å². The average Bonchev–Trinajstić information content (AvgIpc) is 2.72. The molecule has 20 heavy (non-hydrogen) atoms. The standard InChI is InChI=1S/C20H16/c1-3-9-15-10-4-2-6-14-19-17-12-8-7-11-16(17)18(13-5-1)20(15)19/h1,3-5,7-14H,2,6H2/b3-1-,5-1?,9-3?,10-4-,13-5-,15-9-,18-13?,19-14-,20-15?. The van der Waals surface area contributed by atoms with Crippen LogP contribution in [0, 0.1) is 0 Å². The largest absolute Gasteiger partial charge is 0.0836 e. The fourth-order valence-electron chi connectivity index (χ4n) is 3.19. The third-order valence-electron chi connectivity index (χ3n) is 4.07. The van der Waals surface area contributed by atoms with Crippen LogP contribution < -0.4 is 0 Å². The first kappa shape index (κ1) is 11.5. The van der Waals surface area contributed by atoms with Crippen LogP contribution in [0.15, 0.2) is 84.0 Å². The van der Waals surface area contributed by atoms with Crippen LogP contribution in [-0.2, 0) is 0 Å². The first-order valence-electron chi connectivity index (χ1n) is 7.22. The Bertz CT molecular complexity index is 746. The second kappa shape index (κ2) is 4.64. The molecule has 0 spiro atoms. The summed E-state index contributed by atoms with van der Waals surface area (Å²) in [7, 11) is 0. The van der Waals surface area contributed by atoms with E-state index in [-0.39, 0.29) is 0 Å². The van der Waals surface area contributed by atoms with Crippen molar-refractivity contribution < 1.29 is 0 Å². The van der Waals surface area contributed by atoms with Gasteiger partial charge in [-0.2, -0.15) is 0 Å². The van der Waals surface area contributed by atoms with E-state index in [1.165, 1.54) is 33.4 Å². The summed E-state index contributed by atoms with van der Waals surface area (Å²) in [5.41, 5.74) is 8.22. The van der Waals surface area contributed by atoms with Gasteiger partial charge in [0.2, 0.25) is 0 Å². The van der Waals surface area contributed by atoms with E-state index in [0.717, 1.165) is 12.8 Å². The average molecular weight is 256 g/mol. The van der Waals surface area contributed by atoms with Gasteiger partial charge in [-0.15, -0.1) is 0 Å². The predicted octanol–water partition coefficient (Wildman–Crippen LogP) is 5.24. The minimum absolute atomic E-state index is 1.11. The maximum atomic E-state index is 2.40. The zero-order chi connectivity index (χ0) is 13.4. The number of hydrogen-bond acceptors (Lipinski definition) is 0. The topological polar surface area (TPSA) is 0 Å². The third kappa shape index (κ3) is 1.69. The molecule has 1 aromatic rings. The van der Waals surface area contributed by atoms with Gasteiger partial charge in [0, 0.05) is 0 Å². The quantitative estimate of drug-likeness (QED) is 0.595. The summed E-state index contributed by atoms with van der Waals surface area (Å²) in [6.45, 7) is 0. The highest BCUT2D eigenvalue weighted by Crippen LogP contribution is 2.46. The van der Waals surface area contributed by atoms with Crippen LogP contribution in [0.25, 0.3) is 11.1 Å². The normalized spacial score (nSPS) is 29.4. The monoisotopic (exact) mass is 256 g/mol. The van der Waals surface area contributed by atoms with Crippen LogP contribution in [0.2, 0.25) is 0 Å². The van der Waals surface area contributed by atoms with Crippen LogP contribution in [0.3, 0.4) is 0 Å². The van der Waals surface area contributed by atoms with Crippen molar-refractivity contribution in [2.24, 2.45) is 0 Å². The highest BCUT2D eigenvalue weighted by Gasteiger charge is 2.26. The second-order valence-corrected chi connectivity index (χ2v) is 5.30. The van der Waals surface area contributed by atoms with Gasteiger partial charge in [0.1, 0.15) is 0 Å². The van der Waals surface area contributed by atoms with Crippen molar-refractivity contribution in [1.29, 1.82) is 0 Å². The summed E-state index contributed by atoms with van der Waals surface area (Å²) in [5.74, 6) is 0. The second-order valence-electron chi connectivity index (χ2n) is 5.30. The molecule has 0 heterocycles. The van der Waals surface area contributed by atoms with Gasteiger partial charge in [-0.05, 0) is 46.3 Å². The lowest BCUT2D eigenvalue weighted by molar-refractivity contribution is 1.05. The van der Waals surface area contributed by atoms with E-state index in [4.69, 9.17) is 0 Å². The Hall–Kier alpha value is -2.34. The van der Waals surface area contributed by atoms with Crippen LogP contribution in [0.4, 0.5) is 0 Å². The summed E-state index contributed by atoms with van der Waals surface area (Å²) in [5, 5.41) is 0. The number of rotatable bonds is 0. The molecule has 0 saturated heterocycles. The van der Waals surface area contributed by atoms with E-state index in [2.05, 4.69) is 72.9 Å². The SMILES string of the molecule is C1=C\C=C2\C=C/CC/C=C3C2=C(\C=C/1)c1ccccc1\3. The molecule has 0 heteroatoms. The van der Waals surface area contributed by atoms with Crippen LogP contribution in [0.5, 0.6) is 0 Å². The fourth-order valence-corrected chi connectivity index (χ4v) is 3.19. The van der Waals surface area contributed by atoms with Crippen molar-refractivity contribution in [3.05, 3.63) is 95.1 Å². The zero-order valence-corrected chi connectivity index (χ0v) is 11.3. The Morgan fingerprint density at radius 1 is 0.800 bits per heavy atom. The Morgan fingerprint density at radius 3 is 2.65 bits per heavy atom. The molecule has 0 bridgehead atoms. The summed E-state index contributed by atoms with van der Waals surface area (Å²) in [6, 6.07) is 8.75. The molecule has 1 aromatic carbocycles. The Balaban J connectivity index is 2.05. The Kier molecular flexibility index (Phi) is 2.67. The smallest absolute Gasteiger partial charge is 0.00297 e. The minimum atomic E-state index is 1.11. The highest BCUT2D eigenvalue weighted by atomic mass is 14.3. The summed E-state index contributed by atoms with van der Waals surface area (Å²) in [6.07, 6.45) is 20.0. The van der Waals surface area contributed by atoms with E-state index < -0.39 is 0 Å². The van der Waals surface area contributed by atoms with Gasteiger partial charge in [-0.25, -0.2) is 0 Å². The van der Waals surface area contributed by atoms with E-state index >= 15 is 0 Å². The van der Waals surface area contributed by atoms with Gasteiger partial charge in [-0.1, -0.05) is 72.9 Å². The molecule has 0 radical (unpaired) electrons. The highest BCUT2D eigenvalue weighted by molar-refractivity contribution is 6.06. The van der Waals surface area contributed by atoms with Crippen LogP contribution in [-0.4, -0.2) is 0 Å². The summed E-state index contributed by atoms with van der Waals surface area (Å²) < 4.78 is 0. The molecule has 3 aliphatic carbocycles. The third-order valence-corrected chi connectivity index (χ3v) is 4.07. The van der Waals surface area contributed by atoms with Gasteiger partial charge in [0.15, 0.2) is 0 Å².